The molecule has 0 aliphatic rings. The Balaban J connectivity index is 2.86. The van der Waals surface area contributed by atoms with Crippen LogP contribution in [0.5, 0.6) is 0 Å². The Hall–Kier alpha value is -0.430. The van der Waals surface area contributed by atoms with Crippen molar-refractivity contribution in [3.05, 3.63) is 29.8 Å². The zero-order chi connectivity index (χ0) is 14.3. The summed E-state index contributed by atoms with van der Waals surface area (Å²) in [6, 6.07) is 6.93. The summed E-state index contributed by atoms with van der Waals surface area (Å²) in [6.45, 7) is 5.56. The quantitative estimate of drug-likeness (QED) is 0.535. The van der Waals surface area contributed by atoms with Crippen LogP contribution in [0.4, 0.5) is 0 Å². The van der Waals surface area contributed by atoms with Crippen LogP contribution in [0.3, 0.4) is 0 Å². The van der Waals surface area contributed by atoms with Crippen LogP contribution in [-0.2, 0) is 20.1 Å². The third-order valence-electron chi connectivity index (χ3n) is 2.76. The number of sulfonamides is 1. The number of hydrogen-bond donors (Lipinski definition) is 0. The summed E-state index contributed by atoms with van der Waals surface area (Å²) in [4.78, 5) is 0.329. The van der Waals surface area contributed by atoms with Gasteiger partial charge in [-0.1, -0.05) is 35.0 Å². The highest BCUT2D eigenvalue weighted by atomic mass is 79.9. The van der Waals surface area contributed by atoms with E-state index < -0.39 is 10.0 Å². The number of nitrogens with zero attached hydrogens (tertiary/aromatic N) is 1. The smallest absolute Gasteiger partial charge is 0.243 e. The predicted octanol–water partition coefficient (Wildman–Crippen LogP) is 2.63. The van der Waals surface area contributed by atoms with Crippen molar-refractivity contribution in [2.24, 2.45) is 0 Å². The van der Waals surface area contributed by atoms with Crippen LogP contribution in [0, 0.1) is 0 Å². The van der Waals surface area contributed by atoms with E-state index in [0.29, 0.717) is 31.2 Å². The summed E-state index contributed by atoms with van der Waals surface area (Å²) in [6.07, 6.45) is 0. The van der Waals surface area contributed by atoms with E-state index >= 15 is 0 Å². The Morgan fingerprint density at radius 3 is 2.32 bits per heavy atom. The molecule has 1 aromatic rings. The van der Waals surface area contributed by atoms with Crippen LogP contribution in [0.25, 0.3) is 0 Å². The SMILES string of the molecule is CCOCCN(CC)S(=O)(=O)c1ccc(CBr)cc1. The molecule has 4 nitrogen and oxygen atoms in total. The van der Waals surface area contributed by atoms with Crippen molar-refractivity contribution in [2.75, 3.05) is 26.3 Å². The van der Waals surface area contributed by atoms with Gasteiger partial charge in [0.15, 0.2) is 0 Å². The van der Waals surface area contributed by atoms with Gasteiger partial charge in [-0.2, -0.15) is 4.31 Å². The maximum Gasteiger partial charge on any atom is 0.243 e. The fourth-order valence-corrected chi connectivity index (χ4v) is 3.47. The first-order chi connectivity index (χ1) is 9.06. The van der Waals surface area contributed by atoms with Crippen LogP contribution in [0.1, 0.15) is 19.4 Å². The van der Waals surface area contributed by atoms with Crippen molar-refractivity contribution < 1.29 is 13.2 Å². The number of hydrogen-bond acceptors (Lipinski definition) is 3. The number of likely N-dealkylation sites (N-methyl/N-ethyl adjacent to an activating group) is 1. The van der Waals surface area contributed by atoms with Crippen molar-refractivity contribution in [1.29, 1.82) is 0 Å². The molecule has 0 aromatic heterocycles. The van der Waals surface area contributed by atoms with E-state index in [1.54, 1.807) is 12.1 Å². The molecule has 0 bridgehead atoms. The van der Waals surface area contributed by atoms with Crippen LogP contribution >= 0.6 is 15.9 Å². The summed E-state index contributed by atoms with van der Waals surface area (Å²) >= 11 is 3.34. The third-order valence-corrected chi connectivity index (χ3v) is 5.39. The Morgan fingerprint density at radius 1 is 1.21 bits per heavy atom. The largest absolute Gasteiger partial charge is 0.380 e. The van der Waals surface area contributed by atoms with E-state index in [2.05, 4.69) is 15.9 Å². The van der Waals surface area contributed by atoms with Gasteiger partial charge in [0.05, 0.1) is 11.5 Å². The molecule has 0 saturated carbocycles. The Labute approximate surface area is 123 Å². The molecule has 108 valence electrons. The van der Waals surface area contributed by atoms with Gasteiger partial charge >= 0.3 is 0 Å². The average Bonchev–Trinajstić information content (AvgIpc) is 2.43. The van der Waals surface area contributed by atoms with Crippen molar-refractivity contribution in [2.45, 2.75) is 24.1 Å². The predicted molar refractivity (Wildman–Crippen MR) is 80.0 cm³/mol. The molecule has 0 fully saturated rings. The molecule has 1 rings (SSSR count). The second-order valence-corrected chi connectivity index (χ2v) is 6.47. The monoisotopic (exact) mass is 349 g/mol. The van der Waals surface area contributed by atoms with Crippen LogP contribution < -0.4 is 0 Å². The second kappa shape index (κ2) is 7.99. The van der Waals surface area contributed by atoms with E-state index in [9.17, 15) is 8.42 Å². The van der Waals surface area contributed by atoms with Gasteiger partial charge in [-0.05, 0) is 24.6 Å². The third kappa shape index (κ3) is 4.56. The molecule has 0 aliphatic carbocycles. The average molecular weight is 350 g/mol. The van der Waals surface area contributed by atoms with Gasteiger partial charge in [0.25, 0.3) is 0 Å². The number of rotatable bonds is 8. The molecule has 0 saturated heterocycles. The fraction of sp³-hybridized carbons (Fsp3) is 0.538. The molecular formula is C13H20BrNO3S. The minimum Gasteiger partial charge on any atom is -0.380 e. The molecule has 19 heavy (non-hydrogen) atoms. The van der Waals surface area contributed by atoms with Crippen LogP contribution in [-0.4, -0.2) is 39.0 Å². The molecule has 6 heteroatoms. The summed E-state index contributed by atoms with van der Waals surface area (Å²) < 4.78 is 31.5. The van der Waals surface area contributed by atoms with Crippen molar-refractivity contribution in [3.8, 4) is 0 Å². The van der Waals surface area contributed by atoms with Gasteiger partial charge in [-0.25, -0.2) is 8.42 Å². The lowest BCUT2D eigenvalue weighted by molar-refractivity contribution is 0.135. The first kappa shape index (κ1) is 16.6. The van der Waals surface area contributed by atoms with Crippen LogP contribution in [0.15, 0.2) is 29.2 Å². The normalized spacial score (nSPS) is 12.0. The minimum atomic E-state index is -3.42. The second-order valence-electron chi connectivity index (χ2n) is 3.97. The van der Waals surface area contributed by atoms with E-state index in [1.807, 2.05) is 26.0 Å². The van der Waals surface area contributed by atoms with E-state index in [4.69, 9.17) is 4.74 Å². The molecule has 0 spiro atoms. The van der Waals surface area contributed by atoms with Gasteiger partial charge in [0.1, 0.15) is 0 Å². The lowest BCUT2D eigenvalue weighted by atomic mass is 10.2. The van der Waals surface area contributed by atoms with Crippen molar-refractivity contribution >= 4 is 26.0 Å². The number of alkyl halides is 1. The topological polar surface area (TPSA) is 46.6 Å². The van der Waals surface area contributed by atoms with Gasteiger partial charge in [0, 0.05) is 25.0 Å². The summed E-state index contributed by atoms with van der Waals surface area (Å²) in [7, 11) is -3.42. The maximum atomic E-state index is 12.4. The molecule has 0 aliphatic heterocycles. The highest BCUT2D eigenvalue weighted by Gasteiger charge is 2.22. The van der Waals surface area contributed by atoms with E-state index in [-0.39, 0.29) is 0 Å². The highest BCUT2D eigenvalue weighted by Crippen LogP contribution is 2.17. The number of ether oxygens (including phenoxy) is 1. The van der Waals surface area contributed by atoms with E-state index in [1.165, 1.54) is 4.31 Å². The first-order valence-electron chi connectivity index (χ1n) is 6.29. The molecule has 0 unspecified atom stereocenters. The molecular weight excluding hydrogens is 330 g/mol. The zero-order valence-electron chi connectivity index (χ0n) is 11.3. The lowest BCUT2D eigenvalue weighted by Crippen LogP contribution is -2.33. The fourth-order valence-electron chi connectivity index (χ4n) is 1.66. The molecule has 0 heterocycles. The van der Waals surface area contributed by atoms with E-state index in [0.717, 1.165) is 10.9 Å². The summed E-state index contributed by atoms with van der Waals surface area (Å²) in [5, 5.41) is 0.717. The highest BCUT2D eigenvalue weighted by molar-refractivity contribution is 9.08. The lowest BCUT2D eigenvalue weighted by Gasteiger charge is -2.20. The van der Waals surface area contributed by atoms with Gasteiger partial charge in [-0.3, -0.25) is 0 Å². The Morgan fingerprint density at radius 2 is 1.84 bits per heavy atom. The van der Waals surface area contributed by atoms with Gasteiger partial charge in [-0.15, -0.1) is 0 Å². The molecule has 0 amide bonds. The number of benzene rings is 1. The van der Waals surface area contributed by atoms with Gasteiger partial charge < -0.3 is 4.74 Å². The first-order valence-corrected chi connectivity index (χ1v) is 8.85. The zero-order valence-corrected chi connectivity index (χ0v) is 13.7. The Bertz CT molecular complexity index is 473. The Kier molecular flexibility index (Phi) is 6.99. The van der Waals surface area contributed by atoms with Gasteiger partial charge in [0.2, 0.25) is 10.0 Å². The van der Waals surface area contributed by atoms with Crippen molar-refractivity contribution in [1.82, 2.24) is 4.31 Å². The molecule has 0 radical (unpaired) electrons. The minimum absolute atomic E-state index is 0.329. The molecule has 0 atom stereocenters. The van der Waals surface area contributed by atoms with Crippen LogP contribution in [0.2, 0.25) is 0 Å². The van der Waals surface area contributed by atoms with Crippen molar-refractivity contribution in [3.63, 3.8) is 0 Å². The maximum absolute atomic E-state index is 12.4. The summed E-state index contributed by atoms with van der Waals surface area (Å²) in [5.74, 6) is 0. The number of halogens is 1. The standard InChI is InChI=1S/C13H20BrNO3S/c1-3-15(9-10-18-4-2)19(16,17)13-7-5-12(11-14)6-8-13/h5-8H,3-4,9-11H2,1-2H3. The molecule has 0 N–H and O–H groups in total. The summed E-state index contributed by atoms with van der Waals surface area (Å²) in [5.41, 5.74) is 1.05. The molecule has 1 aromatic carbocycles.